The van der Waals surface area contributed by atoms with Gasteiger partial charge in [-0.3, -0.25) is 4.79 Å². The summed E-state index contributed by atoms with van der Waals surface area (Å²) >= 11 is 0. The zero-order valence-electron chi connectivity index (χ0n) is 7.32. The summed E-state index contributed by atoms with van der Waals surface area (Å²) < 4.78 is 0. The molecule has 1 nitrogen and oxygen atoms in total. The molecule has 0 bridgehead atoms. The van der Waals surface area contributed by atoms with Crippen LogP contribution in [0.4, 0.5) is 0 Å². The van der Waals surface area contributed by atoms with Crippen molar-refractivity contribution in [2.24, 2.45) is 0 Å². The first-order valence-electron chi connectivity index (χ1n) is 4.21. The maximum atomic E-state index is 10.5. The largest absolute Gasteiger partial charge is 0.298 e. The van der Waals surface area contributed by atoms with Crippen molar-refractivity contribution in [3.8, 4) is 0 Å². The number of hydrogen-bond donors (Lipinski definition) is 0. The van der Waals surface area contributed by atoms with Gasteiger partial charge in [0.25, 0.3) is 0 Å². The van der Waals surface area contributed by atoms with Crippen LogP contribution < -0.4 is 0 Å². The zero-order chi connectivity index (χ0) is 9.26. The summed E-state index contributed by atoms with van der Waals surface area (Å²) in [4.78, 5) is 11.8. The molecule has 0 radical (unpaired) electrons. The van der Waals surface area contributed by atoms with Gasteiger partial charge in [0.1, 0.15) is 6.29 Å². The van der Waals surface area contributed by atoms with Crippen molar-refractivity contribution in [3.05, 3.63) is 29.3 Å². The van der Waals surface area contributed by atoms with E-state index in [1.165, 1.54) is 10.5 Å². The molecule has 0 fully saturated rings. The second-order valence-electron chi connectivity index (χ2n) is 3.18. The average molecular weight is 210 g/mol. The summed E-state index contributed by atoms with van der Waals surface area (Å²) in [7, 11) is 3.66. The first-order chi connectivity index (χ1) is 6.29. The van der Waals surface area contributed by atoms with Crippen LogP contribution in [0.2, 0.25) is 0 Å². The van der Waals surface area contributed by atoms with Crippen LogP contribution in [0.25, 0.3) is 0 Å². The van der Waals surface area contributed by atoms with E-state index in [0.717, 1.165) is 18.3 Å². The number of aldehydes is 1. The monoisotopic (exact) mass is 210 g/mol. The first-order valence-corrected chi connectivity index (χ1v) is 6.42. The number of carbonyl (C=O) groups is 1. The molecule has 2 rings (SSSR count). The van der Waals surface area contributed by atoms with Gasteiger partial charge in [0.05, 0.1) is 0 Å². The topological polar surface area (TPSA) is 17.1 Å². The molecule has 68 valence electrons. The minimum atomic E-state index is 0.680. The minimum Gasteiger partial charge on any atom is -0.298 e. The fourth-order valence-corrected chi connectivity index (χ4v) is 3.80. The molecule has 0 spiro atoms. The van der Waals surface area contributed by atoms with Crippen LogP contribution in [-0.4, -0.2) is 11.5 Å². The molecule has 13 heavy (non-hydrogen) atoms. The van der Waals surface area contributed by atoms with Gasteiger partial charge in [-0.1, -0.05) is 40.6 Å². The molecule has 1 unspecified atom stereocenters. The van der Waals surface area contributed by atoms with Gasteiger partial charge in [0, 0.05) is 15.7 Å². The van der Waals surface area contributed by atoms with Crippen molar-refractivity contribution in [2.75, 3.05) is 0 Å². The summed E-state index contributed by atoms with van der Waals surface area (Å²) in [6.07, 6.45) is 2.02. The van der Waals surface area contributed by atoms with Crippen LogP contribution in [0.1, 0.15) is 22.8 Å². The molecular weight excluding hydrogens is 200 g/mol. The van der Waals surface area contributed by atoms with Gasteiger partial charge in [-0.25, -0.2) is 0 Å². The second-order valence-corrected chi connectivity index (χ2v) is 5.86. The highest BCUT2D eigenvalue weighted by Crippen LogP contribution is 2.43. The molecule has 0 saturated carbocycles. The van der Waals surface area contributed by atoms with Gasteiger partial charge in [0.15, 0.2) is 0 Å². The lowest BCUT2D eigenvalue weighted by molar-refractivity contribution is 0.112. The Morgan fingerprint density at radius 1 is 1.54 bits per heavy atom. The molecule has 1 aromatic carbocycles. The lowest BCUT2D eigenvalue weighted by atomic mass is 10.1. The van der Waals surface area contributed by atoms with E-state index in [4.69, 9.17) is 0 Å². The highest BCUT2D eigenvalue weighted by molar-refractivity contribution is 8.77. The second kappa shape index (κ2) is 3.76. The van der Waals surface area contributed by atoms with Crippen molar-refractivity contribution in [2.45, 2.75) is 23.5 Å². The molecule has 0 saturated heterocycles. The highest BCUT2D eigenvalue weighted by Gasteiger charge is 2.16. The molecule has 1 aromatic rings. The molecule has 1 atom stereocenters. The normalized spacial score (nSPS) is 20.8. The smallest absolute Gasteiger partial charge is 0.150 e. The predicted octanol–water partition coefficient (Wildman–Crippen LogP) is 3.18. The molecule has 1 aliphatic rings. The Morgan fingerprint density at radius 2 is 2.38 bits per heavy atom. The third-order valence-corrected chi connectivity index (χ3v) is 5.00. The molecular formula is C10H10OS2. The Labute approximate surface area is 85.7 Å². The van der Waals surface area contributed by atoms with Crippen molar-refractivity contribution < 1.29 is 4.79 Å². The Morgan fingerprint density at radius 3 is 3.15 bits per heavy atom. The Balaban J connectivity index is 2.36. The Bertz CT molecular complexity index is 336. The van der Waals surface area contributed by atoms with Crippen molar-refractivity contribution in [3.63, 3.8) is 0 Å². The van der Waals surface area contributed by atoms with Gasteiger partial charge < -0.3 is 0 Å². The minimum absolute atomic E-state index is 0.680. The molecule has 0 aliphatic carbocycles. The number of benzene rings is 1. The average Bonchev–Trinajstić information content (AvgIpc) is 2.17. The summed E-state index contributed by atoms with van der Waals surface area (Å²) in [5, 5.41) is 0.680. The molecule has 1 aliphatic heterocycles. The standard InChI is InChI=1S/C10H10OS2/c1-7-4-9-3-2-8(6-11)5-10(9)13-12-7/h2-3,5-7H,4H2,1H3. The number of hydrogen-bond acceptors (Lipinski definition) is 3. The van der Waals surface area contributed by atoms with Crippen molar-refractivity contribution in [1.29, 1.82) is 0 Å². The first kappa shape index (κ1) is 9.16. The summed E-state index contributed by atoms with van der Waals surface area (Å²) in [6.45, 7) is 2.23. The van der Waals surface area contributed by atoms with E-state index >= 15 is 0 Å². The number of fused-ring (bicyclic) bond motifs is 1. The zero-order valence-corrected chi connectivity index (χ0v) is 8.95. The Hall–Kier alpha value is -0.410. The third kappa shape index (κ3) is 1.92. The maximum absolute atomic E-state index is 10.5. The van der Waals surface area contributed by atoms with Gasteiger partial charge in [-0.15, -0.1) is 0 Å². The molecule has 0 N–H and O–H groups in total. The summed E-state index contributed by atoms with van der Waals surface area (Å²) in [5.74, 6) is 0. The van der Waals surface area contributed by atoms with E-state index in [0.29, 0.717) is 5.25 Å². The van der Waals surface area contributed by atoms with E-state index in [-0.39, 0.29) is 0 Å². The van der Waals surface area contributed by atoms with Crippen LogP contribution in [0.3, 0.4) is 0 Å². The number of carbonyl (C=O) groups excluding carboxylic acids is 1. The van der Waals surface area contributed by atoms with Crippen LogP contribution >= 0.6 is 21.6 Å². The van der Waals surface area contributed by atoms with Gasteiger partial charge in [-0.05, 0) is 18.1 Å². The van der Waals surface area contributed by atoms with Crippen molar-refractivity contribution >= 4 is 27.9 Å². The van der Waals surface area contributed by atoms with Crippen LogP contribution in [-0.2, 0) is 6.42 Å². The molecule has 3 heteroatoms. The fraction of sp³-hybridized carbons (Fsp3) is 0.300. The van der Waals surface area contributed by atoms with Crippen LogP contribution in [0, 0.1) is 0 Å². The highest BCUT2D eigenvalue weighted by atomic mass is 33.1. The van der Waals surface area contributed by atoms with E-state index in [1.54, 1.807) is 10.8 Å². The SMILES string of the molecule is CC1Cc2ccc(C=O)cc2SS1. The van der Waals surface area contributed by atoms with E-state index in [9.17, 15) is 4.79 Å². The third-order valence-electron chi connectivity index (χ3n) is 2.04. The lowest BCUT2D eigenvalue weighted by Gasteiger charge is -2.19. The Kier molecular flexibility index (Phi) is 2.65. The summed E-state index contributed by atoms with van der Waals surface area (Å²) in [5.41, 5.74) is 2.16. The molecule has 1 heterocycles. The van der Waals surface area contributed by atoms with E-state index in [1.807, 2.05) is 22.9 Å². The van der Waals surface area contributed by atoms with Gasteiger partial charge >= 0.3 is 0 Å². The molecule has 0 aromatic heterocycles. The molecule has 0 amide bonds. The fourth-order valence-electron chi connectivity index (χ4n) is 1.37. The van der Waals surface area contributed by atoms with Crippen molar-refractivity contribution in [1.82, 2.24) is 0 Å². The van der Waals surface area contributed by atoms with Crippen LogP contribution in [0.5, 0.6) is 0 Å². The lowest BCUT2D eigenvalue weighted by Crippen LogP contribution is -2.05. The number of rotatable bonds is 1. The van der Waals surface area contributed by atoms with E-state index < -0.39 is 0 Å². The van der Waals surface area contributed by atoms with E-state index in [2.05, 4.69) is 13.0 Å². The van der Waals surface area contributed by atoms with Gasteiger partial charge in [0.2, 0.25) is 0 Å². The predicted molar refractivity (Wildman–Crippen MR) is 58.4 cm³/mol. The van der Waals surface area contributed by atoms with Gasteiger partial charge in [-0.2, -0.15) is 0 Å². The summed E-state index contributed by atoms with van der Waals surface area (Å²) in [6, 6.07) is 5.95. The quantitative estimate of drug-likeness (QED) is 0.523. The van der Waals surface area contributed by atoms with Crippen LogP contribution in [0.15, 0.2) is 23.1 Å². The maximum Gasteiger partial charge on any atom is 0.150 e.